The first-order valence-corrected chi connectivity index (χ1v) is 7.33. The molecule has 7 nitrogen and oxygen atoms in total. The highest BCUT2D eigenvalue weighted by Crippen LogP contribution is 2.19. The Labute approximate surface area is 135 Å². The van der Waals surface area contributed by atoms with Gasteiger partial charge >= 0.3 is 0 Å². The molecular formula is C16H21N5O2. The minimum Gasteiger partial charge on any atom is -0.364 e. The molecule has 2 rings (SSSR count). The van der Waals surface area contributed by atoms with E-state index >= 15 is 0 Å². The summed E-state index contributed by atoms with van der Waals surface area (Å²) in [6, 6.07) is 9.06. The number of likely N-dealkylation sites (N-methyl/N-ethyl adjacent to an activating group) is 1. The molecule has 122 valence electrons. The molecule has 0 aliphatic carbocycles. The van der Waals surface area contributed by atoms with E-state index in [-0.39, 0.29) is 24.2 Å². The molecule has 0 atom stereocenters. The van der Waals surface area contributed by atoms with Crippen molar-refractivity contribution in [3.8, 4) is 5.69 Å². The molecule has 2 amide bonds. The highest BCUT2D eigenvalue weighted by atomic mass is 16.2. The zero-order valence-electron chi connectivity index (χ0n) is 13.5. The highest BCUT2D eigenvalue weighted by Gasteiger charge is 2.13. The van der Waals surface area contributed by atoms with Gasteiger partial charge < -0.3 is 11.1 Å². The topological polar surface area (TPSA) is 93.3 Å². The van der Waals surface area contributed by atoms with E-state index in [0.29, 0.717) is 11.4 Å². The number of nitrogens with zero attached hydrogens (tertiary/aromatic N) is 3. The summed E-state index contributed by atoms with van der Waals surface area (Å²) in [6.45, 7) is 4.34. The Hall–Kier alpha value is -2.67. The molecule has 0 spiro atoms. The quantitative estimate of drug-likeness (QED) is 0.839. The van der Waals surface area contributed by atoms with Crippen LogP contribution in [0.5, 0.6) is 0 Å². The first kappa shape index (κ1) is 16.7. The van der Waals surface area contributed by atoms with Gasteiger partial charge in [-0.2, -0.15) is 5.10 Å². The summed E-state index contributed by atoms with van der Waals surface area (Å²) < 4.78 is 1.52. The van der Waals surface area contributed by atoms with Crippen LogP contribution in [0.1, 0.15) is 24.3 Å². The number of nitrogens with one attached hydrogen (secondary N) is 1. The number of rotatable bonds is 6. The zero-order chi connectivity index (χ0) is 17.0. The SMILES string of the molecule is CC(C)N(C)CC(=O)Nc1ccccc1-n1ccc(C(N)=O)n1. The Morgan fingerprint density at radius 3 is 2.61 bits per heavy atom. The van der Waals surface area contributed by atoms with Gasteiger partial charge in [-0.05, 0) is 39.1 Å². The maximum Gasteiger partial charge on any atom is 0.269 e. The third-order valence-corrected chi connectivity index (χ3v) is 3.54. The van der Waals surface area contributed by atoms with E-state index in [1.54, 1.807) is 18.3 Å². The van der Waals surface area contributed by atoms with Crippen molar-refractivity contribution >= 4 is 17.5 Å². The van der Waals surface area contributed by atoms with E-state index in [1.165, 1.54) is 10.7 Å². The summed E-state index contributed by atoms with van der Waals surface area (Å²) >= 11 is 0. The van der Waals surface area contributed by atoms with Gasteiger partial charge in [-0.3, -0.25) is 14.5 Å². The van der Waals surface area contributed by atoms with Crippen LogP contribution >= 0.6 is 0 Å². The minimum atomic E-state index is -0.594. The number of nitrogens with two attached hydrogens (primary N) is 1. The van der Waals surface area contributed by atoms with Crippen molar-refractivity contribution < 1.29 is 9.59 Å². The molecule has 0 saturated carbocycles. The second-order valence-electron chi connectivity index (χ2n) is 5.58. The van der Waals surface area contributed by atoms with Crippen LogP contribution in [-0.2, 0) is 4.79 Å². The van der Waals surface area contributed by atoms with Crippen molar-refractivity contribution in [1.82, 2.24) is 14.7 Å². The fourth-order valence-electron chi connectivity index (χ4n) is 1.97. The summed E-state index contributed by atoms with van der Waals surface area (Å²) in [6.07, 6.45) is 1.63. The number of carbonyl (C=O) groups is 2. The van der Waals surface area contributed by atoms with Crippen LogP contribution in [0.15, 0.2) is 36.5 Å². The monoisotopic (exact) mass is 315 g/mol. The van der Waals surface area contributed by atoms with Gasteiger partial charge in [-0.15, -0.1) is 0 Å². The zero-order valence-corrected chi connectivity index (χ0v) is 13.5. The molecule has 1 aromatic heterocycles. The standard InChI is InChI=1S/C16H21N5O2/c1-11(2)20(3)10-15(22)18-12-6-4-5-7-14(12)21-9-8-13(19-21)16(17)23/h4-9,11H,10H2,1-3H3,(H2,17,23)(H,18,22). The van der Waals surface area contributed by atoms with Crippen LogP contribution in [0.4, 0.5) is 5.69 Å². The molecular weight excluding hydrogens is 294 g/mol. The lowest BCUT2D eigenvalue weighted by Crippen LogP contribution is -2.34. The van der Waals surface area contributed by atoms with E-state index in [4.69, 9.17) is 5.73 Å². The van der Waals surface area contributed by atoms with Gasteiger partial charge in [0.25, 0.3) is 5.91 Å². The molecule has 0 fully saturated rings. The lowest BCUT2D eigenvalue weighted by molar-refractivity contribution is -0.117. The van der Waals surface area contributed by atoms with Gasteiger partial charge in [0.1, 0.15) is 5.69 Å². The number of para-hydroxylation sites is 2. The van der Waals surface area contributed by atoms with Crippen LogP contribution < -0.4 is 11.1 Å². The molecule has 0 aliphatic heterocycles. The highest BCUT2D eigenvalue weighted by molar-refractivity contribution is 5.94. The van der Waals surface area contributed by atoms with Crippen molar-refractivity contribution in [1.29, 1.82) is 0 Å². The second-order valence-corrected chi connectivity index (χ2v) is 5.58. The van der Waals surface area contributed by atoms with E-state index in [0.717, 1.165) is 0 Å². The molecule has 0 unspecified atom stereocenters. The first-order chi connectivity index (χ1) is 10.9. The molecule has 0 aliphatic rings. The normalized spacial score (nSPS) is 11.0. The van der Waals surface area contributed by atoms with Crippen molar-refractivity contribution in [2.24, 2.45) is 5.73 Å². The fourth-order valence-corrected chi connectivity index (χ4v) is 1.97. The largest absolute Gasteiger partial charge is 0.364 e. The maximum atomic E-state index is 12.2. The van der Waals surface area contributed by atoms with E-state index in [9.17, 15) is 9.59 Å². The number of hydrogen-bond acceptors (Lipinski definition) is 4. The van der Waals surface area contributed by atoms with Crippen LogP contribution in [0.25, 0.3) is 5.69 Å². The molecule has 0 bridgehead atoms. The lowest BCUT2D eigenvalue weighted by atomic mass is 10.2. The summed E-state index contributed by atoms with van der Waals surface area (Å²) in [4.78, 5) is 25.3. The van der Waals surface area contributed by atoms with Gasteiger partial charge in [0.2, 0.25) is 5.91 Å². The van der Waals surface area contributed by atoms with Crippen molar-refractivity contribution in [3.63, 3.8) is 0 Å². The molecule has 0 saturated heterocycles. The Balaban J connectivity index is 2.20. The Morgan fingerprint density at radius 1 is 1.30 bits per heavy atom. The summed E-state index contributed by atoms with van der Waals surface area (Å²) in [7, 11) is 1.89. The Morgan fingerprint density at radius 2 is 2.00 bits per heavy atom. The number of anilines is 1. The van der Waals surface area contributed by atoms with E-state index < -0.39 is 5.91 Å². The molecule has 7 heteroatoms. The predicted molar refractivity (Wildman–Crippen MR) is 88.5 cm³/mol. The number of primary amides is 1. The van der Waals surface area contributed by atoms with Gasteiger partial charge in [-0.1, -0.05) is 12.1 Å². The van der Waals surface area contributed by atoms with Crippen molar-refractivity contribution in [2.75, 3.05) is 18.9 Å². The third kappa shape index (κ3) is 4.17. The van der Waals surface area contributed by atoms with E-state index in [2.05, 4.69) is 10.4 Å². The molecule has 3 N–H and O–H groups in total. The lowest BCUT2D eigenvalue weighted by Gasteiger charge is -2.20. The maximum absolute atomic E-state index is 12.2. The smallest absolute Gasteiger partial charge is 0.269 e. The van der Waals surface area contributed by atoms with Crippen LogP contribution in [0.3, 0.4) is 0 Å². The van der Waals surface area contributed by atoms with Crippen LogP contribution in [0.2, 0.25) is 0 Å². The van der Waals surface area contributed by atoms with Gasteiger partial charge in [-0.25, -0.2) is 4.68 Å². The summed E-state index contributed by atoms with van der Waals surface area (Å²) in [5, 5.41) is 6.99. The van der Waals surface area contributed by atoms with E-state index in [1.807, 2.05) is 37.9 Å². The Kier molecular flexibility index (Phi) is 5.13. The summed E-state index contributed by atoms with van der Waals surface area (Å²) in [5.74, 6) is -0.709. The predicted octanol–water partition coefficient (Wildman–Crippen LogP) is 1.25. The van der Waals surface area contributed by atoms with Crippen molar-refractivity contribution in [3.05, 3.63) is 42.2 Å². The second kappa shape index (κ2) is 7.06. The van der Waals surface area contributed by atoms with Gasteiger partial charge in [0, 0.05) is 12.2 Å². The average Bonchev–Trinajstić information content (AvgIpc) is 2.97. The van der Waals surface area contributed by atoms with Crippen LogP contribution in [-0.4, -0.2) is 46.1 Å². The number of benzene rings is 1. The number of aromatic nitrogens is 2. The Bertz CT molecular complexity index is 708. The molecule has 1 aromatic carbocycles. The summed E-state index contributed by atoms with van der Waals surface area (Å²) in [5.41, 5.74) is 6.68. The molecule has 23 heavy (non-hydrogen) atoms. The molecule has 2 aromatic rings. The molecule has 0 radical (unpaired) electrons. The van der Waals surface area contributed by atoms with Gasteiger partial charge in [0.05, 0.1) is 17.9 Å². The number of amides is 2. The van der Waals surface area contributed by atoms with Crippen LogP contribution in [0, 0.1) is 0 Å². The molecule has 1 heterocycles. The van der Waals surface area contributed by atoms with Crippen molar-refractivity contribution in [2.45, 2.75) is 19.9 Å². The minimum absolute atomic E-state index is 0.115. The number of carbonyl (C=O) groups excluding carboxylic acids is 2. The number of hydrogen-bond donors (Lipinski definition) is 2. The third-order valence-electron chi connectivity index (χ3n) is 3.54. The van der Waals surface area contributed by atoms with Gasteiger partial charge in [0.15, 0.2) is 0 Å². The first-order valence-electron chi connectivity index (χ1n) is 7.33. The fraction of sp³-hybridized carbons (Fsp3) is 0.312. The average molecular weight is 315 g/mol.